The van der Waals surface area contributed by atoms with E-state index in [0.717, 1.165) is 25.9 Å². The van der Waals surface area contributed by atoms with Crippen molar-refractivity contribution in [3.8, 4) is 11.5 Å². The number of Topliss-reactive ketones (excluding diaryl/α,β-unsaturated/α-hetero) is 1. The van der Waals surface area contributed by atoms with E-state index < -0.39 is 17.7 Å². The van der Waals surface area contributed by atoms with Gasteiger partial charge >= 0.3 is 0 Å². The number of rotatable bonds is 7. The van der Waals surface area contributed by atoms with Crippen LogP contribution in [0.2, 0.25) is 0 Å². The first-order valence-corrected chi connectivity index (χ1v) is 10.8. The van der Waals surface area contributed by atoms with Crippen molar-refractivity contribution in [2.45, 2.75) is 18.9 Å². The Morgan fingerprint density at radius 3 is 2.31 bits per heavy atom. The molecule has 2 fully saturated rings. The highest BCUT2D eigenvalue weighted by Crippen LogP contribution is 2.41. The van der Waals surface area contributed by atoms with Crippen LogP contribution in [0.15, 0.2) is 54.1 Å². The summed E-state index contributed by atoms with van der Waals surface area (Å²) in [5, 5.41) is 11.1. The van der Waals surface area contributed by atoms with Gasteiger partial charge in [-0.1, -0.05) is 36.4 Å². The van der Waals surface area contributed by atoms with E-state index >= 15 is 0 Å². The van der Waals surface area contributed by atoms with Gasteiger partial charge in [-0.15, -0.1) is 0 Å². The molecule has 0 saturated carbocycles. The molecule has 0 aliphatic carbocycles. The summed E-state index contributed by atoms with van der Waals surface area (Å²) in [5.74, 6) is -0.399. The van der Waals surface area contributed by atoms with Gasteiger partial charge in [-0.05, 0) is 43.6 Å². The van der Waals surface area contributed by atoms with Gasteiger partial charge < -0.3 is 24.4 Å². The molecule has 0 radical (unpaired) electrons. The first-order chi connectivity index (χ1) is 15.5. The predicted molar refractivity (Wildman–Crippen MR) is 121 cm³/mol. The zero-order valence-corrected chi connectivity index (χ0v) is 18.4. The van der Waals surface area contributed by atoms with E-state index in [0.29, 0.717) is 35.7 Å². The van der Waals surface area contributed by atoms with Gasteiger partial charge in [0.1, 0.15) is 5.76 Å². The monoisotopic (exact) mass is 436 g/mol. The Morgan fingerprint density at radius 1 is 0.969 bits per heavy atom. The van der Waals surface area contributed by atoms with E-state index in [4.69, 9.17) is 9.47 Å². The van der Waals surface area contributed by atoms with Crippen LogP contribution in [0.25, 0.3) is 5.76 Å². The molecule has 1 atom stereocenters. The van der Waals surface area contributed by atoms with Crippen LogP contribution in [-0.2, 0) is 9.59 Å². The van der Waals surface area contributed by atoms with Crippen LogP contribution in [0.1, 0.15) is 30.0 Å². The third-order valence-electron chi connectivity index (χ3n) is 6.17. The first-order valence-electron chi connectivity index (χ1n) is 10.8. The number of hydrogen-bond acceptors (Lipinski definition) is 6. The quantitative estimate of drug-likeness (QED) is 0.408. The molecular formula is C25H28N2O5. The molecule has 1 N–H and O–H groups in total. The minimum Gasteiger partial charge on any atom is -0.507 e. The molecule has 2 heterocycles. The number of ether oxygens (including phenoxy) is 2. The second-order valence-electron chi connectivity index (χ2n) is 8.02. The van der Waals surface area contributed by atoms with Gasteiger partial charge in [-0.3, -0.25) is 9.59 Å². The van der Waals surface area contributed by atoms with Gasteiger partial charge in [0.2, 0.25) is 0 Å². The van der Waals surface area contributed by atoms with Gasteiger partial charge in [0, 0.05) is 18.7 Å². The number of carbonyl (C=O) groups excluding carboxylic acids is 2. The highest BCUT2D eigenvalue weighted by molar-refractivity contribution is 6.46. The molecule has 0 aromatic heterocycles. The van der Waals surface area contributed by atoms with E-state index in [1.165, 1.54) is 7.11 Å². The van der Waals surface area contributed by atoms with Crippen molar-refractivity contribution >= 4 is 17.4 Å². The zero-order chi connectivity index (χ0) is 22.7. The molecule has 2 aromatic rings. The van der Waals surface area contributed by atoms with E-state index in [1.807, 2.05) is 6.07 Å². The van der Waals surface area contributed by atoms with Crippen molar-refractivity contribution in [1.82, 2.24) is 9.80 Å². The number of aliphatic hydroxyl groups excluding tert-OH is 1. The van der Waals surface area contributed by atoms with E-state index in [2.05, 4.69) is 4.90 Å². The molecule has 2 aliphatic heterocycles. The molecule has 2 aromatic carbocycles. The molecule has 1 amide bonds. The maximum atomic E-state index is 13.1. The summed E-state index contributed by atoms with van der Waals surface area (Å²) in [6, 6.07) is 13.4. The number of hydrogen-bond donors (Lipinski definition) is 1. The Labute approximate surface area is 187 Å². The Bertz CT molecular complexity index is 1030. The van der Waals surface area contributed by atoms with Gasteiger partial charge in [-0.2, -0.15) is 0 Å². The van der Waals surface area contributed by atoms with Crippen molar-refractivity contribution in [2.75, 3.05) is 40.4 Å². The fraction of sp³-hybridized carbons (Fsp3) is 0.360. The maximum Gasteiger partial charge on any atom is 0.295 e. The lowest BCUT2D eigenvalue weighted by molar-refractivity contribution is -0.140. The Hall–Kier alpha value is -3.32. The molecule has 7 nitrogen and oxygen atoms in total. The summed E-state index contributed by atoms with van der Waals surface area (Å²) >= 11 is 0. The summed E-state index contributed by atoms with van der Waals surface area (Å²) in [5.41, 5.74) is 1.27. The topological polar surface area (TPSA) is 79.3 Å². The highest BCUT2D eigenvalue weighted by Gasteiger charge is 2.46. The molecule has 0 spiro atoms. The third-order valence-corrected chi connectivity index (χ3v) is 6.17. The predicted octanol–water partition coefficient (Wildman–Crippen LogP) is 3.22. The standard InChI is InChI=1S/C25H28N2O5/c1-31-19-11-10-18(16-20(19)32-2)22-21(23(28)17-8-4-3-5-9-17)24(29)25(30)27(22)15-14-26-12-6-7-13-26/h3-5,8-11,16,22,28H,6-7,12-15H2,1-2H3/b23-21+. The smallest absolute Gasteiger partial charge is 0.295 e. The molecular weight excluding hydrogens is 408 g/mol. The maximum absolute atomic E-state index is 13.1. The molecule has 4 rings (SSSR count). The summed E-state index contributed by atoms with van der Waals surface area (Å²) in [6.07, 6.45) is 2.29. The Kier molecular flexibility index (Phi) is 6.46. The number of aliphatic hydroxyl groups is 1. The van der Waals surface area contributed by atoms with E-state index in [1.54, 1.807) is 54.5 Å². The van der Waals surface area contributed by atoms with Gasteiger partial charge in [0.25, 0.3) is 11.7 Å². The number of nitrogens with zero attached hydrogens (tertiary/aromatic N) is 2. The molecule has 7 heteroatoms. The summed E-state index contributed by atoms with van der Waals surface area (Å²) in [4.78, 5) is 30.0. The van der Waals surface area contributed by atoms with Crippen molar-refractivity contribution in [1.29, 1.82) is 0 Å². The van der Waals surface area contributed by atoms with Gasteiger partial charge in [-0.25, -0.2) is 0 Å². The molecule has 0 bridgehead atoms. The van der Waals surface area contributed by atoms with Crippen molar-refractivity contribution in [2.24, 2.45) is 0 Å². The molecule has 2 aliphatic rings. The molecule has 168 valence electrons. The zero-order valence-electron chi connectivity index (χ0n) is 18.4. The number of benzene rings is 2. The summed E-state index contributed by atoms with van der Waals surface area (Å²) in [7, 11) is 3.09. The lowest BCUT2D eigenvalue weighted by Crippen LogP contribution is -2.37. The second kappa shape index (κ2) is 9.44. The molecule has 32 heavy (non-hydrogen) atoms. The minimum absolute atomic E-state index is 0.0924. The van der Waals surface area contributed by atoms with Gasteiger partial charge in [0.05, 0.1) is 25.8 Å². The Balaban J connectivity index is 1.79. The second-order valence-corrected chi connectivity index (χ2v) is 8.02. The van der Waals surface area contributed by atoms with Crippen LogP contribution < -0.4 is 9.47 Å². The largest absolute Gasteiger partial charge is 0.507 e. The molecule has 2 saturated heterocycles. The van der Waals surface area contributed by atoms with E-state index in [9.17, 15) is 14.7 Å². The van der Waals surface area contributed by atoms with Crippen LogP contribution in [-0.4, -0.2) is 67.0 Å². The SMILES string of the molecule is COc1ccc(C2/C(=C(\O)c3ccccc3)C(=O)C(=O)N2CCN2CCCC2)cc1OC. The minimum atomic E-state index is -0.711. The van der Waals surface area contributed by atoms with Crippen LogP contribution in [0.4, 0.5) is 0 Å². The normalized spacial score (nSPS) is 20.7. The van der Waals surface area contributed by atoms with Crippen LogP contribution in [0, 0.1) is 0 Å². The number of amides is 1. The number of likely N-dealkylation sites (tertiary alicyclic amines) is 2. The fourth-order valence-corrected chi connectivity index (χ4v) is 4.49. The van der Waals surface area contributed by atoms with Crippen molar-refractivity contribution in [3.63, 3.8) is 0 Å². The average molecular weight is 437 g/mol. The van der Waals surface area contributed by atoms with Crippen molar-refractivity contribution < 1.29 is 24.2 Å². The average Bonchev–Trinajstić information content (AvgIpc) is 3.44. The van der Waals surface area contributed by atoms with Crippen LogP contribution >= 0.6 is 0 Å². The van der Waals surface area contributed by atoms with Crippen LogP contribution in [0.5, 0.6) is 11.5 Å². The van der Waals surface area contributed by atoms with E-state index in [-0.39, 0.29) is 11.3 Å². The third kappa shape index (κ3) is 4.08. The lowest BCUT2D eigenvalue weighted by Gasteiger charge is -2.27. The number of carbonyl (C=O) groups is 2. The van der Waals surface area contributed by atoms with Crippen LogP contribution in [0.3, 0.4) is 0 Å². The summed E-state index contributed by atoms with van der Waals surface area (Å²) < 4.78 is 10.8. The number of methoxy groups -OCH3 is 2. The fourth-order valence-electron chi connectivity index (χ4n) is 4.49. The highest BCUT2D eigenvalue weighted by atomic mass is 16.5. The summed E-state index contributed by atoms with van der Waals surface area (Å²) in [6.45, 7) is 3.07. The Morgan fingerprint density at radius 2 is 1.66 bits per heavy atom. The van der Waals surface area contributed by atoms with Crippen molar-refractivity contribution in [3.05, 3.63) is 65.2 Å². The number of ketones is 1. The lowest BCUT2D eigenvalue weighted by atomic mass is 9.95. The molecule has 1 unspecified atom stereocenters. The first kappa shape index (κ1) is 21.9. The van der Waals surface area contributed by atoms with Gasteiger partial charge in [0.15, 0.2) is 11.5 Å².